The van der Waals surface area contributed by atoms with Crippen molar-refractivity contribution in [2.24, 2.45) is 11.8 Å². The molecule has 1 aliphatic carbocycles. The van der Waals surface area contributed by atoms with E-state index in [1.165, 1.54) is 24.8 Å². The zero-order valence-electron chi connectivity index (χ0n) is 11.0. The van der Waals surface area contributed by atoms with Gasteiger partial charge in [0.25, 0.3) is 0 Å². The molecule has 0 spiro atoms. The highest BCUT2D eigenvalue weighted by Gasteiger charge is 2.21. The minimum absolute atomic E-state index is 0.417. The molecular formula is C16H21BrO. The van der Waals surface area contributed by atoms with Gasteiger partial charge in [-0.1, -0.05) is 35.0 Å². The van der Waals surface area contributed by atoms with E-state index in [4.69, 9.17) is 0 Å². The van der Waals surface area contributed by atoms with Crippen molar-refractivity contribution in [1.29, 1.82) is 0 Å². The van der Waals surface area contributed by atoms with Crippen LogP contribution in [-0.4, -0.2) is 5.11 Å². The highest BCUT2D eigenvalue weighted by atomic mass is 79.9. The fourth-order valence-electron chi connectivity index (χ4n) is 3.05. The Kier molecular flexibility index (Phi) is 4.50. The van der Waals surface area contributed by atoms with E-state index >= 15 is 0 Å². The Morgan fingerprint density at radius 3 is 2.89 bits per heavy atom. The molecule has 1 nitrogen and oxygen atoms in total. The Hall–Kier alpha value is -0.760. The van der Waals surface area contributed by atoms with Crippen molar-refractivity contribution in [3.05, 3.63) is 40.4 Å². The molecule has 1 fully saturated rings. The summed E-state index contributed by atoms with van der Waals surface area (Å²) < 4.78 is 1.04. The lowest BCUT2D eigenvalue weighted by Crippen LogP contribution is -2.15. The zero-order valence-corrected chi connectivity index (χ0v) is 12.5. The van der Waals surface area contributed by atoms with Crippen LogP contribution < -0.4 is 0 Å². The van der Waals surface area contributed by atoms with Crippen molar-refractivity contribution in [3.8, 4) is 5.75 Å². The summed E-state index contributed by atoms with van der Waals surface area (Å²) in [6, 6.07) is 5.67. The van der Waals surface area contributed by atoms with E-state index in [2.05, 4.69) is 29.4 Å². The number of rotatable bonds is 3. The van der Waals surface area contributed by atoms with Gasteiger partial charge in [0.15, 0.2) is 0 Å². The molecule has 2 heteroatoms. The van der Waals surface area contributed by atoms with Crippen molar-refractivity contribution in [2.45, 2.75) is 39.0 Å². The summed E-state index contributed by atoms with van der Waals surface area (Å²) in [5, 5.41) is 9.83. The average Bonchev–Trinajstić information content (AvgIpc) is 2.29. The molecule has 2 unspecified atom stereocenters. The number of hydrogen-bond donors (Lipinski definition) is 1. The molecule has 2 atom stereocenters. The molecule has 1 aromatic rings. The molecule has 0 aliphatic heterocycles. The Morgan fingerprint density at radius 1 is 1.39 bits per heavy atom. The summed E-state index contributed by atoms with van der Waals surface area (Å²) in [6.07, 6.45) is 5.76. The molecule has 1 aliphatic rings. The van der Waals surface area contributed by atoms with Crippen molar-refractivity contribution in [3.63, 3.8) is 0 Å². The lowest BCUT2D eigenvalue weighted by molar-refractivity contribution is 0.320. The van der Waals surface area contributed by atoms with Gasteiger partial charge in [-0.15, -0.1) is 0 Å². The SMILES string of the molecule is C=C1CC(C)CC(CCc2cc(Br)ccc2O)C1. The first kappa shape index (κ1) is 13.7. The van der Waals surface area contributed by atoms with Crippen LogP contribution in [0.25, 0.3) is 0 Å². The summed E-state index contributed by atoms with van der Waals surface area (Å²) in [6.45, 7) is 6.46. The minimum atomic E-state index is 0.417. The Morgan fingerprint density at radius 2 is 2.17 bits per heavy atom. The van der Waals surface area contributed by atoms with Crippen LogP contribution in [0.3, 0.4) is 0 Å². The van der Waals surface area contributed by atoms with Crippen LogP contribution in [-0.2, 0) is 6.42 Å². The van der Waals surface area contributed by atoms with Crippen LogP contribution in [0, 0.1) is 11.8 Å². The average molecular weight is 309 g/mol. The molecule has 0 saturated heterocycles. The predicted octanol–water partition coefficient (Wildman–Crippen LogP) is 5.08. The third kappa shape index (κ3) is 3.61. The third-order valence-electron chi connectivity index (χ3n) is 3.81. The molecule has 0 radical (unpaired) electrons. The summed E-state index contributed by atoms with van der Waals surface area (Å²) in [4.78, 5) is 0. The molecule has 0 bridgehead atoms. The smallest absolute Gasteiger partial charge is 0.118 e. The maximum Gasteiger partial charge on any atom is 0.118 e. The maximum absolute atomic E-state index is 9.83. The largest absolute Gasteiger partial charge is 0.508 e. The first-order chi connectivity index (χ1) is 8.54. The maximum atomic E-state index is 9.83. The lowest BCUT2D eigenvalue weighted by Gasteiger charge is -2.28. The molecule has 0 heterocycles. The highest BCUT2D eigenvalue weighted by molar-refractivity contribution is 9.10. The normalized spacial score (nSPS) is 24.2. The molecule has 1 aromatic carbocycles. The molecule has 2 rings (SSSR count). The number of benzene rings is 1. The van der Waals surface area contributed by atoms with E-state index in [9.17, 15) is 5.11 Å². The fraction of sp³-hybridized carbons (Fsp3) is 0.500. The quantitative estimate of drug-likeness (QED) is 0.772. The van der Waals surface area contributed by atoms with E-state index in [-0.39, 0.29) is 0 Å². The van der Waals surface area contributed by atoms with Crippen molar-refractivity contribution < 1.29 is 5.11 Å². The van der Waals surface area contributed by atoms with E-state index < -0.39 is 0 Å². The van der Waals surface area contributed by atoms with E-state index in [1.807, 2.05) is 12.1 Å². The monoisotopic (exact) mass is 308 g/mol. The Balaban J connectivity index is 1.94. The fourth-order valence-corrected chi connectivity index (χ4v) is 3.46. The molecule has 98 valence electrons. The number of phenolic OH excluding ortho intramolecular Hbond substituents is 1. The number of aryl methyl sites for hydroxylation is 1. The number of hydrogen-bond acceptors (Lipinski definition) is 1. The zero-order chi connectivity index (χ0) is 13.1. The topological polar surface area (TPSA) is 20.2 Å². The minimum Gasteiger partial charge on any atom is -0.508 e. The molecule has 0 amide bonds. The predicted molar refractivity (Wildman–Crippen MR) is 79.8 cm³/mol. The number of halogens is 1. The van der Waals surface area contributed by atoms with Gasteiger partial charge < -0.3 is 5.11 Å². The van der Waals surface area contributed by atoms with Crippen molar-refractivity contribution in [1.82, 2.24) is 0 Å². The van der Waals surface area contributed by atoms with Gasteiger partial charge in [0.2, 0.25) is 0 Å². The summed E-state index contributed by atoms with van der Waals surface area (Å²) in [5.41, 5.74) is 2.45. The van der Waals surface area contributed by atoms with Gasteiger partial charge in [-0.2, -0.15) is 0 Å². The van der Waals surface area contributed by atoms with E-state index in [0.29, 0.717) is 5.75 Å². The van der Waals surface area contributed by atoms with Crippen molar-refractivity contribution in [2.75, 3.05) is 0 Å². The molecule has 1 N–H and O–H groups in total. The van der Waals surface area contributed by atoms with E-state index in [0.717, 1.165) is 34.7 Å². The van der Waals surface area contributed by atoms with Gasteiger partial charge in [-0.05, 0) is 67.7 Å². The molecule has 18 heavy (non-hydrogen) atoms. The van der Waals surface area contributed by atoms with Gasteiger partial charge in [0, 0.05) is 4.47 Å². The number of phenols is 1. The Labute approximate surface area is 118 Å². The molecule has 1 saturated carbocycles. The van der Waals surface area contributed by atoms with Crippen molar-refractivity contribution >= 4 is 15.9 Å². The first-order valence-corrected chi connectivity index (χ1v) is 7.48. The van der Waals surface area contributed by atoms with Crippen LogP contribution in [0.15, 0.2) is 34.8 Å². The number of allylic oxidation sites excluding steroid dienone is 1. The van der Waals surface area contributed by atoms with E-state index in [1.54, 1.807) is 6.07 Å². The van der Waals surface area contributed by atoms with Gasteiger partial charge in [-0.25, -0.2) is 0 Å². The second-order valence-corrected chi connectivity index (χ2v) is 6.59. The molecular weight excluding hydrogens is 288 g/mol. The van der Waals surface area contributed by atoms with Crippen LogP contribution in [0.4, 0.5) is 0 Å². The van der Waals surface area contributed by atoms with Gasteiger partial charge in [-0.3, -0.25) is 0 Å². The van der Waals surface area contributed by atoms with Crippen LogP contribution in [0.2, 0.25) is 0 Å². The van der Waals surface area contributed by atoms with Crippen LogP contribution in [0.5, 0.6) is 5.75 Å². The van der Waals surface area contributed by atoms with Gasteiger partial charge in [0.05, 0.1) is 0 Å². The molecule has 0 aromatic heterocycles. The standard InChI is InChI=1S/C16H21BrO/c1-11-7-12(2)9-13(8-11)3-4-14-10-15(17)5-6-16(14)18/h5-6,10,12-13,18H,1,3-4,7-9H2,2H3. The second-order valence-electron chi connectivity index (χ2n) is 5.68. The Bertz CT molecular complexity index is 439. The number of aromatic hydroxyl groups is 1. The summed E-state index contributed by atoms with van der Waals surface area (Å²) in [5.74, 6) is 1.92. The highest BCUT2D eigenvalue weighted by Crippen LogP contribution is 2.35. The second kappa shape index (κ2) is 5.92. The van der Waals surface area contributed by atoms with Gasteiger partial charge >= 0.3 is 0 Å². The van der Waals surface area contributed by atoms with Crippen LogP contribution >= 0.6 is 15.9 Å². The van der Waals surface area contributed by atoms with Crippen LogP contribution in [0.1, 0.15) is 38.2 Å². The summed E-state index contributed by atoms with van der Waals surface area (Å²) >= 11 is 3.46. The first-order valence-electron chi connectivity index (χ1n) is 6.68. The van der Waals surface area contributed by atoms with Gasteiger partial charge in [0.1, 0.15) is 5.75 Å². The lowest BCUT2D eigenvalue weighted by atomic mass is 9.77. The third-order valence-corrected chi connectivity index (χ3v) is 4.31. The summed E-state index contributed by atoms with van der Waals surface area (Å²) in [7, 11) is 0.